The Morgan fingerprint density at radius 3 is 2.43 bits per heavy atom. The molecule has 166 valence electrons. The van der Waals surface area contributed by atoms with Crippen molar-refractivity contribution in [2.24, 2.45) is 4.99 Å². The van der Waals surface area contributed by atoms with Crippen LogP contribution in [0.15, 0.2) is 50.9 Å². The minimum absolute atomic E-state index is 0.107. The third kappa shape index (κ3) is 6.60. The van der Waals surface area contributed by atoms with Crippen molar-refractivity contribution in [3.05, 3.63) is 53.5 Å². The summed E-state index contributed by atoms with van der Waals surface area (Å²) in [5, 5.41) is 6.69. The summed E-state index contributed by atoms with van der Waals surface area (Å²) in [6.45, 7) is 11.8. The predicted octanol–water partition coefficient (Wildman–Crippen LogP) is 3.13. The number of rotatable bonds is 10. The van der Waals surface area contributed by atoms with Gasteiger partial charge in [-0.3, -0.25) is 4.90 Å². The number of nitrogens with zero attached hydrogens (tertiary/aromatic N) is 2. The van der Waals surface area contributed by atoms with E-state index in [1.54, 1.807) is 12.3 Å². The van der Waals surface area contributed by atoms with Crippen LogP contribution in [0.2, 0.25) is 0 Å². The van der Waals surface area contributed by atoms with Crippen LogP contribution >= 0.6 is 0 Å². The van der Waals surface area contributed by atoms with E-state index in [4.69, 9.17) is 4.42 Å². The Labute approximate surface area is 180 Å². The van der Waals surface area contributed by atoms with Gasteiger partial charge in [0.25, 0.3) is 0 Å². The second kappa shape index (κ2) is 11.2. The maximum Gasteiger partial charge on any atom is 0.191 e. The summed E-state index contributed by atoms with van der Waals surface area (Å²) >= 11 is 0. The molecule has 0 fully saturated rings. The molecule has 0 amide bonds. The maximum atomic E-state index is 11.8. The Balaban J connectivity index is 2.12. The summed E-state index contributed by atoms with van der Waals surface area (Å²) in [4.78, 5) is 7.37. The van der Waals surface area contributed by atoms with Crippen molar-refractivity contribution in [2.45, 2.75) is 45.2 Å². The van der Waals surface area contributed by atoms with E-state index in [9.17, 15) is 8.42 Å². The lowest BCUT2D eigenvalue weighted by molar-refractivity contribution is 0.193. The number of hydrogen-bond donors (Lipinski definition) is 2. The number of hydrogen-bond acceptors (Lipinski definition) is 5. The molecule has 2 N–H and O–H groups in total. The van der Waals surface area contributed by atoms with Crippen LogP contribution in [0.5, 0.6) is 0 Å². The van der Waals surface area contributed by atoms with Crippen LogP contribution in [-0.4, -0.2) is 51.7 Å². The van der Waals surface area contributed by atoms with Crippen LogP contribution in [-0.2, 0) is 16.4 Å². The van der Waals surface area contributed by atoms with Crippen LogP contribution in [0.3, 0.4) is 0 Å². The number of aliphatic imine (C=N–C) groups is 1. The largest absolute Gasteiger partial charge is 0.468 e. The van der Waals surface area contributed by atoms with Crippen molar-refractivity contribution >= 4 is 15.8 Å². The normalized spacial score (nSPS) is 13.5. The Kier molecular flexibility index (Phi) is 8.92. The number of likely N-dealkylation sites (N-methyl/N-ethyl adjacent to an activating group) is 1. The van der Waals surface area contributed by atoms with Gasteiger partial charge < -0.3 is 15.1 Å². The molecule has 7 nitrogen and oxygen atoms in total. The highest BCUT2D eigenvalue weighted by Crippen LogP contribution is 2.20. The molecule has 2 aromatic rings. The van der Waals surface area contributed by atoms with E-state index in [0.717, 1.165) is 36.5 Å². The molecule has 0 bridgehead atoms. The monoisotopic (exact) mass is 434 g/mol. The molecule has 0 saturated heterocycles. The molecule has 30 heavy (non-hydrogen) atoms. The minimum Gasteiger partial charge on any atom is -0.468 e. The van der Waals surface area contributed by atoms with E-state index >= 15 is 0 Å². The van der Waals surface area contributed by atoms with Crippen molar-refractivity contribution in [1.29, 1.82) is 0 Å². The van der Waals surface area contributed by atoms with Gasteiger partial charge in [-0.15, -0.1) is 0 Å². The third-order valence-electron chi connectivity index (χ3n) is 4.99. The number of furan rings is 1. The first kappa shape index (κ1) is 24.0. The molecule has 0 aliphatic rings. The van der Waals surface area contributed by atoms with Gasteiger partial charge in [0.15, 0.2) is 15.8 Å². The number of sulfone groups is 1. The lowest BCUT2D eigenvalue weighted by Crippen LogP contribution is -2.43. The van der Waals surface area contributed by atoms with Crippen LogP contribution in [0.1, 0.15) is 43.7 Å². The standard InChI is InChI=1S/C22H34N4O3S/c1-6-23-22(24-15-18-11-12-21(17(4)14-18)30(5,27)28)25-16-19(26(7-2)8-3)20-10-9-13-29-20/h9-14,19H,6-8,15-16H2,1-5H3,(H2,23,24,25). The molecule has 1 heterocycles. The average Bonchev–Trinajstić information content (AvgIpc) is 3.22. The Morgan fingerprint density at radius 2 is 1.90 bits per heavy atom. The predicted molar refractivity (Wildman–Crippen MR) is 121 cm³/mol. The van der Waals surface area contributed by atoms with E-state index < -0.39 is 9.84 Å². The summed E-state index contributed by atoms with van der Waals surface area (Å²) < 4.78 is 29.3. The summed E-state index contributed by atoms with van der Waals surface area (Å²) in [7, 11) is -3.22. The van der Waals surface area contributed by atoms with Gasteiger partial charge in [-0.2, -0.15) is 0 Å². The van der Waals surface area contributed by atoms with Crippen LogP contribution < -0.4 is 10.6 Å². The van der Waals surface area contributed by atoms with E-state index in [1.807, 2.05) is 38.1 Å². The highest BCUT2D eigenvalue weighted by atomic mass is 32.2. The first-order valence-corrected chi connectivity index (χ1v) is 12.3. The summed E-state index contributed by atoms with van der Waals surface area (Å²) in [6, 6.07) is 9.37. The fourth-order valence-corrected chi connectivity index (χ4v) is 4.45. The van der Waals surface area contributed by atoms with E-state index in [2.05, 4.69) is 34.4 Å². The first-order valence-electron chi connectivity index (χ1n) is 10.4. The number of nitrogens with one attached hydrogen (secondary N) is 2. The molecular weight excluding hydrogens is 400 g/mol. The van der Waals surface area contributed by atoms with Gasteiger partial charge in [-0.1, -0.05) is 26.0 Å². The van der Waals surface area contributed by atoms with E-state index in [-0.39, 0.29) is 6.04 Å². The van der Waals surface area contributed by atoms with Gasteiger partial charge in [-0.05, 0) is 56.3 Å². The van der Waals surface area contributed by atoms with Gasteiger partial charge >= 0.3 is 0 Å². The molecule has 1 aromatic carbocycles. The average molecular weight is 435 g/mol. The fourth-order valence-electron chi connectivity index (χ4n) is 3.49. The topological polar surface area (TPSA) is 86.9 Å². The maximum absolute atomic E-state index is 11.8. The van der Waals surface area contributed by atoms with Crippen LogP contribution in [0.25, 0.3) is 0 Å². The van der Waals surface area contributed by atoms with Gasteiger partial charge in [-0.25, -0.2) is 13.4 Å². The smallest absolute Gasteiger partial charge is 0.191 e. The SMILES string of the molecule is CCNC(=NCc1ccc(S(C)(=O)=O)c(C)c1)NCC(c1ccco1)N(CC)CC. The summed E-state index contributed by atoms with van der Waals surface area (Å²) in [6.07, 6.45) is 2.93. The highest BCUT2D eigenvalue weighted by molar-refractivity contribution is 7.90. The molecule has 0 aliphatic heterocycles. The summed E-state index contributed by atoms with van der Waals surface area (Å²) in [5.41, 5.74) is 1.70. The molecule has 1 unspecified atom stereocenters. The molecule has 0 radical (unpaired) electrons. The second-order valence-corrected chi connectivity index (χ2v) is 9.18. The van der Waals surface area contributed by atoms with Crippen molar-refractivity contribution in [3.8, 4) is 0 Å². The van der Waals surface area contributed by atoms with E-state index in [1.165, 1.54) is 6.26 Å². The van der Waals surface area contributed by atoms with Gasteiger partial charge in [0, 0.05) is 19.3 Å². The number of guanidine groups is 1. The molecule has 2 rings (SSSR count). The molecule has 0 aliphatic carbocycles. The Hall–Kier alpha value is -2.32. The second-order valence-electron chi connectivity index (χ2n) is 7.20. The zero-order valence-electron chi connectivity index (χ0n) is 18.6. The number of benzene rings is 1. The van der Waals surface area contributed by atoms with Crippen LogP contribution in [0, 0.1) is 6.92 Å². The number of aryl methyl sites for hydroxylation is 1. The quantitative estimate of drug-likeness (QED) is 0.441. The van der Waals surface area contributed by atoms with Gasteiger partial charge in [0.05, 0.1) is 23.7 Å². The van der Waals surface area contributed by atoms with Crippen molar-refractivity contribution in [2.75, 3.05) is 32.4 Å². The molecule has 0 spiro atoms. The molecular formula is C22H34N4O3S. The highest BCUT2D eigenvalue weighted by Gasteiger charge is 2.20. The van der Waals surface area contributed by atoms with Crippen molar-refractivity contribution < 1.29 is 12.8 Å². The molecule has 8 heteroatoms. The van der Waals surface area contributed by atoms with Crippen molar-refractivity contribution in [1.82, 2.24) is 15.5 Å². The zero-order valence-corrected chi connectivity index (χ0v) is 19.4. The van der Waals surface area contributed by atoms with Crippen molar-refractivity contribution in [3.63, 3.8) is 0 Å². The van der Waals surface area contributed by atoms with Crippen LogP contribution in [0.4, 0.5) is 0 Å². The minimum atomic E-state index is -3.22. The lowest BCUT2D eigenvalue weighted by Gasteiger charge is -2.28. The molecule has 0 saturated carbocycles. The lowest BCUT2D eigenvalue weighted by atomic mass is 10.1. The Morgan fingerprint density at radius 1 is 1.17 bits per heavy atom. The fraction of sp³-hybridized carbons (Fsp3) is 0.500. The Bertz CT molecular complexity index is 920. The van der Waals surface area contributed by atoms with E-state index in [0.29, 0.717) is 23.9 Å². The van der Waals surface area contributed by atoms with Gasteiger partial charge in [0.2, 0.25) is 0 Å². The first-order chi connectivity index (χ1) is 14.3. The molecule has 1 aromatic heterocycles. The van der Waals surface area contributed by atoms with Gasteiger partial charge in [0.1, 0.15) is 5.76 Å². The summed E-state index contributed by atoms with van der Waals surface area (Å²) in [5.74, 6) is 1.64. The zero-order chi connectivity index (χ0) is 22.1. The molecule has 1 atom stereocenters. The third-order valence-corrected chi connectivity index (χ3v) is 6.25.